The monoisotopic (exact) mass is 300 g/mol. The fourth-order valence-corrected chi connectivity index (χ4v) is 2.75. The minimum atomic E-state index is 0.176. The molecule has 0 aliphatic rings. The van der Waals surface area contributed by atoms with E-state index in [4.69, 9.17) is 11.6 Å². The fourth-order valence-electron chi connectivity index (χ4n) is 2.55. The molecular formula is C16H17ClN4. The molecule has 3 aromatic heterocycles. The molecule has 0 aromatic carbocycles. The van der Waals surface area contributed by atoms with Crippen LogP contribution in [0.4, 0.5) is 0 Å². The van der Waals surface area contributed by atoms with Crippen LogP contribution < -0.4 is 5.32 Å². The normalized spacial score (nSPS) is 12.7. The maximum Gasteiger partial charge on any atom is 0.0709 e. The zero-order valence-corrected chi connectivity index (χ0v) is 12.6. The molecule has 5 heteroatoms. The lowest BCUT2D eigenvalue weighted by atomic mass is 10.0. The van der Waals surface area contributed by atoms with Crippen molar-refractivity contribution < 1.29 is 0 Å². The molecule has 0 saturated carbocycles. The molecule has 4 nitrogen and oxygen atoms in total. The number of hydrogen-bond acceptors (Lipinski definition) is 3. The SMILES string of the molecule is CCNC(Cc1ccncc1Cl)c1cnn2ccccc12. The molecule has 0 amide bonds. The highest BCUT2D eigenvalue weighted by molar-refractivity contribution is 6.31. The van der Waals surface area contributed by atoms with Gasteiger partial charge in [-0.3, -0.25) is 4.98 Å². The number of pyridine rings is 2. The van der Waals surface area contributed by atoms with Crippen molar-refractivity contribution in [2.75, 3.05) is 6.54 Å². The van der Waals surface area contributed by atoms with Crippen molar-refractivity contribution in [3.8, 4) is 0 Å². The highest BCUT2D eigenvalue weighted by atomic mass is 35.5. The van der Waals surface area contributed by atoms with Gasteiger partial charge >= 0.3 is 0 Å². The Hall–Kier alpha value is -1.91. The summed E-state index contributed by atoms with van der Waals surface area (Å²) in [6.07, 6.45) is 8.17. The molecule has 0 radical (unpaired) electrons. The molecule has 0 aliphatic carbocycles. The van der Waals surface area contributed by atoms with E-state index in [-0.39, 0.29) is 6.04 Å². The minimum Gasteiger partial charge on any atom is -0.310 e. The molecule has 1 unspecified atom stereocenters. The van der Waals surface area contributed by atoms with Crippen LogP contribution >= 0.6 is 11.6 Å². The average Bonchev–Trinajstić information content (AvgIpc) is 2.93. The Morgan fingerprint density at radius 2 is 2.19 bits per heavy atom. The lowest BCUT2D eigenvalue weighted by Gasteiger charge is -2.17. The van der Waals surface area contributed by atoms with Crippen molar-refractivity contribution >= 4 is 17.1 Å². The quantitative estimate of drug-likeness (QED) is 0.786. The van der Waals surface area contributed by atoms with Crippen molar-refractivity contribution in [2.45, 2.75) is 19.4 Å². The third kappa shape index (κ3) is 2.91. The van der Waals surface area contributed by atoms with Crippen LogP contribution in [0.2, 0.25) is 5.02 Å². The second kappa shape index (κ2) is 6.24. The molecule has 0 saturated heterocycles. The summed E-state index contributed by atoms with van der Waals surface area (Å²) in [5, 5.41) is 8.64. The number of likely N-dealkylation sites (N-methyl/N-ethyl adjacent to an activating group) is 1. The van der Waals surface area contributed by atoms with Crippen molar-refractivity contribution in [1.82, 2.24) is 19.9 Å². The summed E-state index contributed by atoms with van der Waals surface area (Å²) in [7, 11) is 0. The summed E-state index contributed by atoms with van der Waals surface area (Å²) in [6, 6.07) is 8.24. The van der Waals surface area contributed by atoms with E-state index in [1.54, 1.807) is 12.4 Å². The summed E-state index contributed by atoms with van der Waals surface area (Å²) < 4.78 is 1.90. The van der Waals surface area contributed by atoms with Gasteiger partial charge in [0.1, 0.15) is 0 Å². The van der Waals surface area contributed by atoms with Gasteiger partial charge in [0, 0.05) is 30.2 Å². The maximum atomic E-state index is 6.24. The first-order valence-electron chi connectivity index (χ1n) is 7.03. The van der Waals surface area contributed by atoms with Gasteiger partial charge in [0.25, 0.3) is 0 Å². The van der Waals surface area contributed by atoms with Gasteiger partial charge in [0.05, 0.1) is 16.7 Å². The van der Waals surface area contributed by atoms with Gasteiger partial charge in [0.2, 0.25) is 0 Å². The first kappa shape index (κ1) is 14.0. The highest BCUT2D eigenvalue weighted by Gasteiger charge is 2.17. The van der Waals surface area contributed by atoms with Crippen LogP contribution in [0.1, 0.15) is 24.1 Å². The second-order valence-corrected chi connectivity index (χ2v) is 5.32. The molecule has 0 aliphatic heterocycles. The number of fused-ring (bicyclic) bond motifs is 1. The largest absolute Gasteiger partial charge is 0.310 e. The van der Waals surface area contributed by atoms with Crippen LogP contribution in [0.25, 0.3) is 5.52 Å². The third-order valence-electron chi connectivity index (χ3n) is 3.56. The molecule has 21 heavy (non-hydrogen) atoms. The average molecular weight is 301 g/mol. The van der Waals surface area contributed by atoms with Gasteiger partial charge in [-0.05, 0) is 36.7 Å². The zero-order chi connectivity index (χ0) is 14.7. The van der Waals surface area contributed by atoms with E-state index in [0.717, 1.165) is 24.0 Å². The third-order valence-corrected chi connectivity index (χ3v) is 3.90. The Morgan fingerprint density at radius 1 is 1.29 bits per heavy atom. The van der Waals surface area contributed by atoms with Crippen LogP contribution in [0.15, 0.2) is 49.1 Å². The number of nitrogens with one attached hydrogen (secondary N) is 1. The Labute approximate surface area is 128 Å². The van der Waals surface area contributed by atoms with E-state index >= 15 is 0 Å². The second-order valence-electron chi connectivity index (χ2n) is 4.91. The van der Waals surface area contributed by atoms with E-state index in [2.05, 4.69) is 28.4 Å². The minimum absolute atomic E-state index is 0.176. The molecule has 108 valence electrons. The van der Waals surface area contributed by atoms with Gasteiger partial charge in [-0.1, -0.05) is 24.6 Å². The Kier molecular flexibility index (Phi) is 4.18. The van der Waals surface area contributed by atoms with Crippen LogP contribution in [0.3, 0.4) is 0 Å². The van der Waals surface area contributed by atoms with Gasteiger partial charge in [-0.2, -0.15) is 5.10 Å². The van der Waals surface area contributed by atoms with Gasteiger partial charge in [-0.25, -0.2) is 4.52 Å². The first-order valence-corrected chi connectivity index (χ1v) is 7.41. The van der Waals surface area contributed by atoms with E-state index in [1.165, 1.54) is 5.56 Å². The summed E-state index contributed by atoms with van der Waals surface area (Å²) in [4.78, 5) is 4.04. The van der Waals surface area contributed by atoms with Crippen molar-refractivity contribution in [1.29, 1.82) is 0 Å². The van der Waals surface area contributed by atoms with E-state index < -0.39 is 0 Å². The summed E-state index contributed by atoms with van der Waals surface area (Å²) in [5.74, 6) is 0. The summed E-state index contributed by atoms with van der Waals surface area (Å²) in [5.41, 5.74) is 3.40. The topological polar surface area (TPSA) is 42.2 Å². The molecule has 0 spiro atoms. The first-order chi connectivity index (χ1) is 10.3. The molecule has 3 heterocycles. The van der Waals surface area contributed by atoms with Gasteiger partial charge < -0.3 is 5.32 Å². The van der Waals surface area contributed by atoms with Crippen molar-refractivity contribution in [3.63, 3.8) is 0 Å². The Bertz CT molecular complexity index is 738. The van der Waals surface area contributed by atoms with Crippen LogP contribution in [0, 0.1) is 0 Å². The molecule has 1 atom stereocenters. The zero-order valence-electron chi connectivity index (χ0n) is 11.8. The van der Waals surface area contributed by atoms with Crippen LogP contribution in [-0.4, -0.2) is 21.1 Å². The molecule has 0 fully saturated rings. The Morgan fingerprint density at radius 3 is 3.00 bits per heavy atom. The lowest BCUT2D eigenvalue weighted by molar-refractivity contribution is 0.553. The lowest BCUT2D eigenvalue weighted by Crippen LogP contribution is -2.23. The molecule has 3 aromatic rings. The number of halogens is 1. The van der Waals surface area contributed by atoms with E-state index in [9.17, 15) is 0 Å². The predicted molar refractivity (Wildman–Crippen MR) is 84.6 cm³/mol. The number of hydrogen-bond donors (Lipinski definition) is 1. The maximum absolute atomic E-state index is 6.24. The van der Waals surface area contributed by atoms with Gasteiger partial charge in [0.15, 0.2) is 0 Å². The van der Waals surface area contributed by atoms with Crippen LogP contribution in [0.5, 0.6) is 0 Å². The number of nitrogens with zero attached hydrogens (tertiary/aromatic N) is 3. The standard InChI is InChI=1S/C16H17ClN4/c1-2-19-15(9-12-6-7-18-11-14(12)17)13-10-20-21-8-4-3-5-16(13)21/h3-8,10-11,15,19H,2,9H2,1H3. The van der Waals surface area contributed by atoms with Gasteiger partial charge in [-0.15, -0.1) is 0 Å². The molecular weight excluding hydrogens is 284 g/mol. The smallest absolute Gasteiger partial charge is 0.0709 e. The summed E-state index contributed by atoms with van der Waals surface area (Å²) in [6.45, 7) is 2.99. The predicted octanol–water partition coefficient (Wildman–Crippen LogP) is 3.28. The summed E-state index contributed by atoms with van der Waals surface area (Å²) >= 11 is 6.24. The van der Waals surface area contributed by atoms with Crippen molar-refractivity contribution in [2.24, 2.45) is 0 Å². The fraction of sp³-hybridized carbons (Fsp3) is 0.250. The van der Waals surface area contributed by atoms with Crippen molar-refractivity contribution in [3.05, 3.63) is 65.2 Å². The molecule has 1 N–H and O–H groups in total. The number of aromatic nitrogens is 3. The van der Waals surface area contributed by atoms with E-state index in [1.807, 2.05) is 35.1 Å². The molecule has 3 rings (SSSR count). The highest BCUT2D eigenvalue weighted by Crippen LogP contribution is 2.25. The molecule has 0 bridgehead atoms. The van der Waals surface area contributed by atoms with Crippen LogP contribution in [-0.2, 0) is 6.42 Å². The van der Waals surface area contributed by atoms with E-state index in [0.29, 0.717) is 5.02 Å². The number of rotatable bonds is 5. The Balaban J connectivity index is 1.96.